The number of aryl methyl sites for hydroxylation is 1. The monoisotopic (exact) mass is 400 g/mol. The van der Waals surface area contributed by atoms with Crippen molar-refractivity contribution in [3.8, 4) is 0 Å². The Labute approximate surface area is 170 Å². The molecule has 2 aliphatic rings. The van der Waals surface area contributed by atoms with Crippen LogP contribution in [0.5, 0.6) is 0 Å². The Kier molecular flexibility index (Phi) is 5.91. The fourth-order valence-corrected chi connectivity index (χ4v) is 3.97. The summed E-state index contributed by atoms with van der Waals surface area (Å²) < 4.78 is 0. The van der Waals surface area contributed by atoms with Crippen LogP contribution in [-0.4, -0.2) is 41.4 Å². The lowest BCUT2D eigenvalue weighted by molar-refractivity contribution is -0.134. The molecule has 1 saturated carbocycles. The van der Waals surface area contributed by atoms with E-state index in [0.29, 0.717) is 11.5 Å². The SMILES string of the molecule is Cc1ccc(C2(C)NC(=O)N(CC(=O)NC(=O)NC3CCCCC3C)C2=O)cc1. The second kappa shape index (κ2) is 8.23. The van der Waals surface area contributed by atoms with Gasteiger partial charge in [0.05, 0.1) is 0 Å². The Bertz CT molecular complexity index is 822. The summed E-state index contributed by atoms with van der Waals surface area (Å²) in [4.78, 5) is 50.4. The summed E-state index contributed by atoms with van der Waals surface area (Å²) >= 11 is 0. The number of hydrogen-bond acceptors (Lipinski definition) is 4. The summed E-state index contributed by atoms with van der Waals surface area (Å²) in [6.07, 6.45) is 4.11. The molecule has 6 amide bonds. The van der Waals surface area contributed by atoms with Crippen molar-refractivity contribution < 1.29 is 19.2 Å². The Morgan fingerprint density at radius 1 is 1.17 bits per heavy atom. The lowest BCUT2D eigenvalue weighted by Gasteiger charge is -2.29. The molecule has 156 valence electrons. The number of carbonyl (C=O) groups excluding carboxylic acids is 4. The number of amides is 6. The van der Waals surface area contributed by atoms with Gasteiger partial charge in [-0.3, -0.25) is 19.8 Å². The van der Waals surface area contributed by atoms with Crippen molar-refractivity contribution in [3.63, 3.8) is 0 Å². The number of benzene rings is 1. The maximum atomic E-state index is 12.9. The zero-order chi connectivity index (χ0) is 21.2. The molecular weight excluding hydrogens is 372 g/mol. The van der Waals surface area contributed by atoms with Crippen LogP contribution >= 0.6 is 0 Å². The second-order valence-electron chi connectivity index (χ2n) is 8.20. The summed E-state index contributed by atoms with van der Waals surface area (Å²) in [5.74, 6) is -0.879. The van der Waals surface area contributed by atoms with Gasteiger partial charge in [-0.2, -0.15) is 0 Å². The van der Waals surface area contributed by atoms with Crippen LogP contribution in [0, 0.1) is 12.8 Å². The van der Waals surface area contributed by atoms with Crippen molar-refractivity contribution in [3.05, 3.63) is 35.4 Å². The Hall–Kier alpha value is -2.90. The topological polar surface area (TPSA) is 108 Å². The molecule has 0 bridgehead atoms. The minimum Gasteiger partial charge on any atom is -0.335 e. The predicted octanol–water partition coefficient (Wildman–Crippen LogP) is 2.17. The van der Waals surface area contributed by atoms with Gasteiger partial charge in [-0.1, -0.05) is 49.6 Å². The summed E-state index contributed by atoms with van der Waals surface area (Å²) in [5.41, 5.74) is 0.419. The number of nitrogens with zero attached hydrogens (tertiary/aromatic N) is 1. The van der Waals surface area contributed by atoms with Crippen molar-refractivity contribution in [2.45, 2.75) is 58.0 Å². The molecule has 1 aliphatic heterocycles. The number of hydrogen-bond donors (Lipinski definition) is 3. The zero-order valence-corrected chi connectivity index (χ0v) is 17.1. The Morgan fingerprint density at radius 3 is 2.48 bits per heavy atom. The van der Waals surface area contributed by atoms with E-state index in [9.17, 15) is 19.2 Å². The van der Waals surface area contributed by atoms with Crippen LogP contribution in [0.3, 0.4) is 0 Å². The molecule has 3 unspecified atom stereocenters. The molecule has 1 aromatic carbocycles. The molecule has 3 N–H and O–H groups in total. The van der Waals surface area contributed by atoms with E-state index < -0.39 is 36.0 Å². The van der Waals surface area contributed by atoms with Gasteiger partial charge in [0.15, 0.2) is 0 Å². The van der Waals surface area contributed by atoms with E-state index in [1.807, 2.05) is 19.1 Å². The van der Waals surface area contributed by atoms with Gasteiger partial charge in [0.25, 0.3) is 5.91 Å². The molecule has 29 heavy (non-hydrogen) atoms. The third-order valence-corrected chi connectivity index (χ3v) is 5.89. The van der Waals surface area contributed by atoms with Crippen LogP contribution in [0.4, 0.5) is 9.59 Å². The molecule has 1 saturated heterocycles. The fourth-order valence-electron chi connectivity index (χ4n) is 3.97. The average Bonchev–Trinajstić information content (AvgIpc) is 2.88. The summed E-state index contributed by atoms with van der Waals surface area (Å²) in [7, 11) is 0. The van der Waals surface area contributed by atoms with Gasteiger partial charge in [-0.05, 0) is 38.2 Å². The first kappa shape index (κ1) is 20.8. The predicted molar refractivity (Wildman–Crippen MR) is 107 cm³/mol. The number of imide groups is 2. The van der Waals surface area contributed by atoms with E-state index in [-0.39, 0.29) is 6.04 Å². The quantitative estimate of drug-likeness (QED) is 0.673. The van der Waals surface area contributed by atoms with E-state index in [0.717, 1.165) is 36.1 Å². The van der Waals surface area contributed by atoms with Gasteiger partial charge in [0.2, 0.25) is 5.91 Å². The zero-order valence-electron chi connectivity index (χ0n) is 17.1. The number of carbonyl (C=O) groups is 4. The molecule has 1 aliphatic carbocycles. The first-order chi connectivity index (χ1) is 13.7. The van der Waals surface area contributed by atoms with Crippen LogP contribution in [0.2, 0.25) is 0 Å². The van der Waals surface area contributed by atoms with Gasteiger partial charge >= 0.3 is 12.1 Å². The van der Waals surface area contributed by atoms with E-state index in [2.05, 4.69) is 22.9 Å². The van der Waals surface area contributed by atoms with E-state index in [1.165, 1.54) is 0 Å². The first-order valence-corrected chi connectivity index (χ1v) is 10.0. The van der Waals surface area contributed by atoms with Crippen LogP contribution in [0.1, 0.15) is 50.7 Å². The van der Waals surface area contributed by atoms with Crippen molar-refractivity contribution in [2.75, 3.05) is 6.54 Å². The normalized spacial score (nSPS) is 26.8. The third-order valence-electron chi connectivity index (χ3n) is 5.89. The van der Waals surface area contributed by atoms with Gasteiger partial charge in [-0.25, -0.2) is 9.59 Å². The molecule has 1 aromatic rings. The summed E-state index contributed by atoms with van der Waals surface area (Å²) in [6.45, 7) is 5.09. The highest BCUT2D eigenvalue weighted by Crippen LogP contribution is 2.29. The van der Waals surface area contributed by atoms with E-state index >= 15 is 0 Å². The number of urea groups is 2. The van der Waals surface area contributed by atoms with E-state index in [4.69, 9.17) is 0 Å². The Balaban J connectivity index is 1.60. The molecule has 0 aromatic heterocycles. The van der Waals surface area contributed by atoms with Crippen LogP contribution < -0.4 is 16.0 Å². The highest BCUT2D eigenvalue weighted by Gasteiger charge is 2.49. The minimum absolute atomic E-state index is 0.0260. The van der Waals surface area contributed by atoms with Crippen LogP contribution in [0.15, 0.2) is 24.3 Å². The molecule has 1 heterocycles. The molecule has 0 spiro atoms. The van der Waals surface area contributed by atoms with Crippen molar-refractivity contribution >= 4 is 23.9 Å². The molecule has 8 nitrogen and oxygen atoms in total. The lowest BCUT2D eigenvalue weighted by Crippen LogP contribution is -2.50. The first-order valence-electron chi connectivity index (χ1n) is 10.0. The van der Waals surface area contributed by atoms with Gasteiger partial charge in [0, 0.05) is 6.04 Å². The van der Waals surface area contributed by atoms with Crippen LogP contribution in [-0.2, 0) is 15.1 Å². The van der Waals surface area contributed by atoms with Crippen LogP contribution in [0.25, 0.3) is 0 Å². The van der Waals surface area contributed by atoms with Crippen molar-refractivity contribution in [1.29, 1.82) is 0 Å². The van der Waals surface area contributed by atoms with E-state index in [1.54, 1.807) is 19.1 Å². The Morgan fingerprint density at radius 2 is 1.83 bits per heavy atom. The number of nitrogens with one attached hydrogen (secondary N) is 3. The maximum Gasteiger partial charge on any atom is 0.325 e. The van der Waals surface area contributed by atoms with Gasteiger partial charge in [0.1, 0.15) is 12.1 Å². The lowest BCUT2D eigenvalue weighted by atomic mass is 9.86. The van der Waals surface area contributed by atoms with Gasteiger partial charge in [-0.15, -0.1) is 0 Å². The summed E-state index contributed by atoms with van der Waals surface area (Å²) in [5, 5.41) is 7.70. The molecule has 3 rings (SSSR count). The highest BCUT2D eigenvalue weighted by atomic mass is 16.2. The molecule has 8 heteroatoms. The average molecular weight is 400 g/mol. The molecule has 3 atom stereocenters. The number of rotatable bonds is 4. The smallest absolute Gasteiger partial charge is 0.325 e. The van der Waals surface area contributed by atoms with Crippen molar-refractivity contribution in [1.82, 2.24) is 20.9 Å². The second-order valence-corrected chi connectivity index (χ2v) is 8.20. The summed E-state index contributed by atoms with van der Waals surface area (Å²) in [6, 6.07) is 6.03. The fraction of sp³-hybridized carbons (Fsp3) is 0.524. The standard InChI is InChI=1S/C21H28N4O4/c1-13-8-10-15(11-9-13)21(3)18(27)25(20(29)24-21)12-17(26)23-19(28)22-16-7-5-4-6-14(16)2/h8-11,14,16H,4-7,12H2,1-3H3,(H,24,29)(H2,22,23,26,28). The molecule has 2 fully saturated rings. The maximum absolute atomic E-state index is 12.9. The highest BCUT2D eigenvalue weighted by molar-refractivity contribution is 6.10. The van der Waals surface area contributed by atoms with Crippen molar-refractivity contribution in [2.24, 2.45) is 5.92 Å². The molecular formula is C21H28N4O4. The minimum atomic E-state index is -1.25. The largest absolute Gasteiger partial charge is 0.335 e. The van der Waals surface area contributed by atoms with Gasteiger partial charge < -0.3 is 10.6 Å². The molecule has 0 radical (unpaired) electrons. The third kappa shape index (κ3) is 4.41.